The molecule has 0 bridgehead atoms. The summed E-state index contributed by atoms with van der Waals surface area (Å²) in [4.78, 5) is 22.4. The lowest BCUT2D eigenvalue weighted by atomic mass is 10.1. The number of nitrogens with zero attached hydrogens (tertiary/aromatic N) is 3. The van der Waals surface area contributed by atoms with Gasteiger partial charge in [-0.05, 0) is 51.0 Å². The molecular weight excluding hydrogens is 392 g/mol. The Hall–Kier alpha value is -3.25. The van der Waals surface area contributed by atoms with E-state index in [1.807, 2.05) is 44.3 Å². The van der Waals surface area contributed by atoms with Gasteiger partial charge in [-0.1, -0.05) is 35.9 Å². The van der Waals surface area contributed by atoms with Gasteiger partial charge in [0, 0.05) is 30.2 Å². The van der Waals surface area contributed by atoms with Crippen LogP contribution in [0.15, 0.2) is 54.9 Å². The molecule has 0 aliphatic heterocycles. The van der Waals surface area contributed by atoms with Gasteiger partial charge in [-0.2, -0.15) is 0 Å². The van der Waals surface area contributed by atoms with Crippen LogP contribution in [0.3, 0.4) is 0 Å². The van der Waals surface area contributed by atoms with E-state index in [1.165, 1.54) is 22.5 Å². The van der Waals surface area contributed by atoms with Crippen LogP contribution in [0.4, 0.5) is 5.69 Å². The Kier molecular flexibility index (Phi) is 5.50. The first kappa shape index (κ1) is 20.0. The number of thiazole rings is 1. The molecule has 2 aromatic carbocycles. The van der Waals surface area contributed by atoms with Gasteiger partial charge in [-0.15, -0.1) is 11.3 Å². The Morgan fingerprint density at radius 3 is 2.50 bits per heavy atom. The zero-order valence-corrected chi connectivity index (χ0v) is 18.4. The van der Waals surface area contributed by atoms with Crippen LogP contribution >= 0.6 is 11.3 Å². The van der Waals surface area contributed by atoms with E-state index in [0.717, 1.165) is 39.9 Å². The molecule has 0 fully saturated rings. The Balaban J connectivity index is 1.49. The zero-order valence-electron chi connectivity index (χ0n) is 17.6. The summed E-state index contributed by atoms with van der Waals surface area (Å²) < 4.78 is 2.09. The van der Waals surface area contributed by atoms with Crippen molar-refractivity contribution in [2.75, 3.05) is 5.32 Å². The number of nitrogens with one attached hydrogen (secondary N) is 1. The summed E-state index contributed by atoms with van der Waals surface area (Å²) in [5.41, 5.74) is 6.13. The lowest BCUT2D eigenvalue weighted by Gasteiger charge is -2.08. The lowest BCUT2D eigenvalue weighted by Crippen LogP contribution is -2.11. The summed E-state index contributed by atoms with van der Waals surface area (Å²) in [7, 11) is 0. The minimum absolute atomic E-state index is 0.126. The smallest absolute Gasteiger partial charge is 0.267 e. The number of aromatic nitrogens is 3. The van der Waals surface area contributed by atoms with Crippen LogP contribution in [0, 0.1) is 27.7 Å². The summed E-state index contributed by atoms with van der Waals surface area (Å²) in [6.07, 6.45) is 3.76. The second-order valence-electron chi connectivity index (χ2n) is 7.51. The molecule has 1 amide bonds. The normalized spacial score (nSPS) is 10.9. The molecule has 2 aromatic heterocycles. The SMILES string of the molecule is Cc1ccc(-c2nc(C)c(C(=O)Nc3ccc(Cn4ccnc4C)cc3)s2)c(C)c1. The molecule has 0 saturated heterocycles. The monoisotopic (exact) mass is 416 g/mol. The molecule has 6 heteroatoms. The van der Waals surface area contributed by atoms with Gasteiger partial charge >= 0.3 is 0 Å². The van der Waals surface area contributed by atoms with Crippen molar-refractivity contribution >= 4 is 22.9 Å². The molecule has 0 spiro atoms. The van der Waals surface area contributed by atoms with Gasteiger partial charge in [0.05, 0.1) is 5.69 Å². The van der Waals surface area contributed by atoms with Gasteiger partial charge in [0.15, 0.2) is 0 Å². The Morgan fingerprint density at radius 2 is 1.83 bits per heavy atom. The largest absolute Gasteiger partial charge is 0.331 e. The maximum atomic E-state index is 12.9. The molecule has 0 radical (unpaired) electrons. The molecule has 4 aromatic rings. The number of carbonyl (C=O) groups is 1. The van der Waals surface area contributed by atoms with Crippen molar-refractivity contribution in [1.82, 2.24) is 14.5 Å². The van der Waals surface area contributed by atoms with E-state index in [1.54, 1.807) is 6.20 Å². The Bertz CT molecular complexity index is 1200. The van der Waals surface area contributed by atoms with Gasteiger partial charge < -0.3 is 9.88 Å². The number of aryl methyl sites for hydroxylation is 4. The molecule has 0 aliphatic carbocycles. The fourth-order valence-corrected chi connectivity index (χ4v) is 4.48. The minimum atomic E-state index is -0.126. The minimum Gasteiger partial charge on any atom is -0.331 e. The highest BCUT2D eigenvalue weighted by molar-refractivity contribution is 7.17. The van der Waals surface area contributed by atoms with Crippen molar-refractivity contribution in [2.24, 2.45) is 0 Å². The number of hydrogen-bond donors (Lipinski definition) is 1. The van der Waals surface area contributed by atoms with E-state index >= 15 is 0 Å². The quantitative estimate of drug-likeness (QED) is 0.465. The highest BCUT2D eigenvalue weighted by Crippen LogP contribution is 2.31. The van der Waals surface area contributed by atoms with Crippen molar-refractivity contribution in [3.05, 3.63) is 87.9 Å². The molecule has 152 valence electrons. The second-order valence-corrected chi connectivity index (χ2v) is 8.50. The van der Waals surface area contributed by atoms with E-state index < -0.39 is 0 Å². The van der Waals surface area contributed by atoms with E-state index in [2.05, 4.69) is 51.9 Å². The van der Waals surface area contributed by atoms with Gasteiger partial charge in [-0.3, -0.25) is 4.79 Å². The van der Waals surface area contributed by atoms with Crippen molar-refractivity contribution in [1.29, 1.82) is 0 Å². The van der Waals surface area contributed by atoms with Crippen LogP contribution in [-0.4, -0.2) is 20.4 Å². The first-order chi connectivity index (χ1) is 14.4. The van der Waals surface area contributed by atoms with Crippen molar-refractivity contribution in [3.8, 4) is 10.6 Å². The molecule has 2 heterocycles. The predicted molar refractivity (Wildman–Crippen MR) is 122 cm³/mol. The Labute approximate surface area is 180 Å². The third-order valence-corrected chi connectivity index (χ3v) is 6.29. The molecule has 0 saturated carbocycles. The topological polar surface area (TPSA) is 59.8 Å². The number of hydrogen-bond acceptors (Lipinski definition) is 4. The van der Waals surface area contributed by atoms with Crippen molar-refractivity contribution in [2.45, 2.75) is 34.2 Å². The standard InChI is InChI=1S/C24H24N4OS/c1-15-5-10-21(16(2)13-15)24-26-17(3)22(30-24)23(29)27-20-8-6-19(7-9-20)14-28-12-11-25-18(28)4/h5-13H,14H2,1-4H3,(H,27,29). The average molecular weight is 417 g/mol. The maximum Gasteiger partial charge on any atom is 0.267 e. The van der Waals surface area contributed by atoms with Crippen molar-refractivity contribution in [3.63, 3.8) is 0 Å². The van der Waals surface area contributed by atoms with Crippen LogP contribution < -0.4 is 5.32 Å². The summed E-state index contributed by atoms with van der Waals surface area (Å²) >= 11 is 1.43. The highest BCUT2D eigenvalue weighted by Gasteiger charge is 2.17. The molecule has 4 rings (SSSR count). The van der Waals surface area contributed by atoms with Crippen LogP contribution in [0.25, 0.3) is 10.6 Å². The third kappa shape index (κ3) is 4.19. The van der Waals surface area contributed by atoms with E-state index in [4.69, 9.17) is 0 Å². The van der Waals surface area contributed by atoms with E-state index in [9.17, 15) is 4.79 Å². The highest BCUT2D eigenvalue weighted by atomic mass is 32.1. The Morgan fingerprint density at radius 1 is 1.07 bits per heavy atom. The summed E-state index contributed by atoms with van der Waals surface area (Å²) in [6.45, 7) is 8.77. The number of rotatable bonds is 5. The summed E-state index contributed by atoms with van der Waals surface area (Å²) in [5.74, 6) is 0.854. The summed E-state index contributed by atoms with van der Waals surface area (Å²) in [6, 6.07) is 14.2. The molecule has 30 heavy (non-hydrogen) atoms. The number of imidazole rings is 1. The average Bonchev–Trinajstić information content (AvgIpc) is 3.29. The number of carbonyl (C=O) groups excluding carboxylic acids is 1. The first-order valence-electron chi connectivity index (χ1n) is 9.84. The molecule has 0 unspecified atom stereocenters. The van der Waals surface area contributed by atoms with Crippen molar-refractivity contribution < 1.29 is 4.79 Å². The molecule has 0 atom stereocenters. The van der Waals surface area contributed by atoms with Gasteiger partial charge in [0.1, 0.15) is 15.7 Å². The molecule has 0 aliphatic rings. The molecule has 1 N–H and O–H groups in total. The van der Waals surface area contributed by atoms with Crippen LogP contribution in [-0.2, 0) is 6.54 Å². The van der Waals surface area contributed by atoms with E-state index in [0.29, 0.717) is 4.88 Å². The van der Waals surface area contributed by atoms with E-state index in [-0.39, 0.29) is 5.91 Å². The van der Waals surface area contributed by atoms with Crippen LogP contribution in [0.2, 0.25) is 0 Å². The number of amides is 1. The molecular formula is C24H24N4OS. The lowest BCUT2D eigenvalue weighted by molar-refractivity contribution is 0.103. The molecule has 5 nitrogen and oxygen atoms in total. The van der Waals surface area contributed by atoms with Crippen LogP contribution in [0.1, 0.15) is 37.9 Å². The van der Waals surface area contributed by atoms with Gasteiger partial charge in [0.2, 0.25) is 0 Å². The first-order valence-corrected chi connectivity index (χ1v) is 10.7. The van der Waals surface area contributed by atoms with Gasteiger partial charge in [-0.25, -0.2) is 9.97 Å². The predicted octanol–water partition coefficient (Wildman–Crippen LogP) is 5.54. The second kappa shape index (κ2) is 8.24. The van der Waals surface area contributed by atoms with Crippen LogP contribution in [0.5, 0.6) is 0 Å². The maximum absolute atomic E-state index is 12.9. The summed E-state index contributed by atoms with van der Waals surface area (Å²) in [5, 5.41) is 3.87. The fraction of sp³-hybridized carbons (Fsp3) is 0.208. The number of benzene rings is 2. The fourth-order valence-electron chi connectivity index (χ4n) is 3.42. The zero-order chi connectivity index (χ0) is 21.3. The number of anilines is 1. The van der Waals surface area contributed by atoms with Gasteiger partial charge in [0.25, 0.3) is 5.91 Å². The third-order valence-electron chi connectivity index (χ3n) is 5.10.